The molecule has 0 atom stereocenters. The van der Waals surface area contributed by atoms with Crippen molar-refractivity contribution in [2.45, 2.75) is 6.92 Å². The second kappa shape index (κ2) is 2.05. The SMILES string of the molecule is Cc1ncc(C=O)s1. The van der Waals surface area contributed by atoms with Crippen LogP contribution in [-0.4, -0.2) is 11.3 Å². The van der Waals surface area contributed by atoms with Crippen molar-refractivity contribution in [3.8, 4) is 0 Å². The van der Waals surface area contributed by atoms with E-state index in [2.05, 4.69) is 4.98 Å². The molecular weight excluding hydrogens is 122 g/mol. The van der Waals surface area contributed by atoms with E-state index < -0.39 is 0 Å². The summed E-state index contributed by atoms with van der Waals surface area (Å²) in [6.45, 7) is 1.87. The van der Waals surface area contributed by atoms with Crippen LogP contribution in [-0.2, 0) is 0 Å². The maximum atomic E-state index is 9.99. The van der Waals surface area contributed by atoms with E-state index in [-0.39, 0.29) is 0 Å². The number of nitrogens with zero attached hydrogens (tertiary/aromatic N) is 1. The lowest BCUT2D eigenvalue weighted by atomic mass is 10.6. The van der Waals surface area contributed by atoms with Gasteiger partial charge in [-0.1, -0.05) is 0 Å². The van der Waals surface area contributed by atoms with Gasteiger partial charge in [0.1, 0.15) is 0 Å². The zero-order valence-electron chi connectivity index (χ0n) is 4.42. The zero-order chi connectivity index (χ0) is 5.98. The van der Waals surface area contributed by atoms with Crippen LogP contribution in [0.2, 0.25) is 0 Å². The first-order valence-electron chi connectivity index (χ1n) is 2.20. The van der Waals surface area contributed by atoms with E-state index in [1.165, 1.54) is 11.3 Å². The van der Waals surface area contributed by atoms with Gasteiger partial charge >= 0.3 is 0 Å². The van der Waals surface area contributed by atoms with Gasteiger partial charge in [-0.2, -0.15) is 0 Å². The van der Waals surface area contributed by atoms with E-state index in [0.29, 0.717) is 4.88 Å². The molecule has 3 heteroatoms. The van der Waals surface area contributed by atoms with E-state index in [1.807, 2.05) is 6.92 Å². The largest absolute Gasteiger partial charge is 0.297 e. The summed E-state index contributed by atoms with van der Waals surface area (Å²) < 4.78 is 0. The van der Waals surface area contributed by atoms with Gasteiger partial charge in [-0.25, -0.2) is 4.98 Å². The Morgan fingerprint density at radius 2 is 2.62 bits per heavy atom. The molecule has 0 bridgehead atoms. The molecule has 0 unspecified atom stereocenters. The molecule has 0 aliphatic carbocycles. The van der Waals surface area contributed by atoms with Crippen molar-refractivity contribution in [1.29, 1.82) is 0 Å². The molecule has 1 aromatic rings. The van der Waals surface area contributed by atoms with Crippen LogP contribution >= 0.6 is 11.3 Å². The van der Waals surface area contributed by atoms with Gasteiger partial charge in [0.25, 0.3) is 0 Å². The highest BCUT2D eigenvalue weighted by atomic mass is 32.1. The number of aldehydes is 1. The summed E-state index contributed by atoms with van der Waals surface area (Å²) in [5.74, 6) is 0. The Balaban J connectivity index is 3.00. The maximum absolute atomic E-state index is 9.99. The summed E-state index contributed by atoms with van der Waals surface area (Å²) in [7, 11) is 0. The van der Waals surface area contributed by atoms with Crippen molar-refractivity contribution >= 4 is 17.6 Å². The number of carbonyl (C=O) groups is 1. The third-order valence-corrected chi connectivity index (χ3v) is 1.59. The van der Waals surface area contributed by atoms with E-state index in [4.69, 9.17) is 0 Å². The lowest BCUT2D eigenvalue weighted by Crippen LogP contribution is -1.63. The molecule has 0 radical (unpaired) electrons. The van der Waals surface area contributed by atoms with E-state index >= 15 is 0 Å². The minimum absolute atomic E-state index is 0.697. The van der Waals surface area contributed by atoms with Crippen LogP contribution in [0.15, 0.2) is 6.20 Å². The van der Waals surface area contributed by atoms with Crippen LogP contribution in [0.5, 0.6) is 0 Å². The number of hydrogen-bond acceptors (Lipinski definition) is 3. The molecular formula is C5H5NOS. The van der Waals surface area contributed by atoms with Gasteiger partial charge in [-0.15, -0.1) is 11.3 Å². The third-order valence-electron chi connectivity index (χ3n) is 0.755. The fraction of sp³-hybridized carbons (Fsp3) is 0.200. The van der Waals surface area contributed by atoms with Crippen LogP contribution in [0.1, 0.15) is 14.7 Å². The first-order chi connectivity index (χ1) is 3.83. The van der Waals surface area contributed by atoms with Crippen LogP contribution in [0.25, 0.3) is 0 Å². The average Bonchev–Trinajstić information content (AvgIpc) is 2.14. The summed E-state index contributed by atoms with van der Waals surface area (Å²) >= 11 is 1.41. The number of rotatable bonds is 1. The van der Waals surface area contributed by atoms with Crippen molar-refractivity contribution in [2.24, 2.45) is 0 Å². The molecule has 0 aliphatic heterocycles. The number of carbonyl (C=O) groups excluding carboxylic acids is 1. The first kappa shape index (κ1) is 5.44. The predicted octanol–water partition coefficient (Wildman–Crippen LogP) is 1.26. The summed E-state index contributed by atoms with van der Waals surface area (Å²) in [5.41, 5.74) is 0. The number of thiazole rings is 1. The molecule has 8 heavy (non-hydrogen) atoms. The minimum atomic E-state index is 0.697. The Kier molecular flexibility index (Phi) is 1.39. The number of hydrogen-bond donors (Lipinski definition) is 0. The Hall–Kier alpha value is -0.700. The molecule has 0 amide bonds. The molecule has 0 fully saturated rings. The smallest absolute Gasteiger partial charge is 0.161 e. The molecule has 0 saturated heterocycles. The van der Waals surface area contributed by atoms with E-state index in [9.17, 15) is 4.79 Å². The second-order valence-corrected chi connectivity index (χ2v) is 2.67. The lowest BCUT2D eigenvalue weighted by molar-refractivity contribution is 0.112. The van der Waals surface area contributed by atoms with Crippen LogP contribution in [0.4, 0.5) is 0 Å². The van der Waals surface area contributed by atoms with Gasteiger partial charge in [0.15, 0.2) is 6.29 Å². The van der Waals surface area contributed by atoms with Crippen molar-refractivity contribution in [2.75, 3.05) is 0 Å². The van der Waals surface area contributed by atoms with Gasteiger partial charge in [0, 0.05) is 6.20 Å². The monoisotopic (exact) mass is 127 g/mol. The summed E-state index contributed by atoms with van der Waals surface area (Å²) in [4.78, 5) is 14.6. The van der Waals surface area contributed by atoms with Gasteiger partial charge in [-0.05, 0) is 6.92 Å². The highest BCUT2D eigenvalue weighted by Gasteiger charge is 1.91. The minimum Gasteiger partial charge on any atom is -0.297 e. The van der Waals surface area contributed by atoms with Gasteiger partial charge in [0.05, 0.1) is 9.88 Å². The predicted molar refractivity (Wildman–Crippen MR) is 32.2 cm³/mol. The van der Waals surface area contributed by atoms with Crippen molar-refractivity contribution < 1.29 is 4.79 Å². The quantitative estimate of drug-likeness (QED) is 0.531. The molecule has 42 valence electrons. The topological polar surface area (TPSA) is 30.0 Å². The van der Waals surface area contributed by atoms with E-state index in [1.54, 1.807) is 6.20 Å². The average molecular weight is 127 g/mol. The van der Waals surface area contributed by atoms with Gasteiger partial charge < -0.3 is 0 Å². The van der Waals surface area contributed by atoms with Crippen LogP contribution in [0.3, 0.4) is 0 Å². The van der Waals surface area contributed by atoms with E-state index in [0.717, 1.165) is 11.3 Å². The third kappa shape index (κ3) is 0.924. The fourth-order valence-electron chi connectivity index (χ4n) is 0.432. The Morgan fingerprint density at radius 3 is 2.88 bits per heavy atom. The zero-order valence-corrected chi connectivity index (χ0v) is 5.23. The molecule has 2 nitrogen and oxygen atoms in total. The molecule has 0 saturated carbocycles. The van der Waals surface area contributed by atoms with Crippen LogP contribution < -0.4 is 0 Å². The van der Waals surface area contributed by atoms with Crippen LogP contribution in [0, 0.1) is 6.92 Å². The molecule has 0 aromatic carbocycles. The Morgan fingerprint density at radius 1 is 1.88 bits per heavy atom. The Bertz CT molecular complexity index is 194. The standard InChI is InChI=1S/C5H5NOS/c1-4-6-2-5(3-7)8-4/h2-3H,1H3. The Labute approximate surface area is 51.2 Å². The number of aryl methyl sites for hydroxylation is 1. The summed E-state index contributed by atoms with van der Waals surface area (Å²) in [5, 5.41) is 0.937. The molecule has 0 spiro atoms. The molecule has 1 rings (SSSR count). The van der Waals surface area contributed by atoms with Gasteiger partial charge in [-0.3, -0.25) is 4.79 Å². The number of aromatic nitrogens is 1. The first-order valence-corrected chi connectivity index (χ1v) is 3.02. The second-order valence-electron chi connectivity index (χ2n) is 1.40. The van der Waals surface area contributed by atoms with Crippen molar-refractivity contribution in [1.82, 2.24) is 4.98 Å². The maximum Gasteiger partial charge on any atom is 0.161 e. The molecule has 0 N–H and O–H groups in total. The molecule has 1 heterocycles. The highest BCUT2D eigenvalue weighted by molar-refractivity contribution is 7.13. The summed E-state index contributed by atoms with van der Waals surface area (Å²) in [6, 6.07) is 0. The molecule has 1 aromatic heterocycles. The van der Waals surface area contributed by atoms with Gasteiger partial charge in [0.2, 0.25) is 0 Å². The summed E-state index contributed by atoms with van der Waals surface area (Å²) in [6.07, 6.45) is 2.39. The van der Waals surface area contributed by atoms with Crippen molar-refractivity contribution in [3.05, 3.63) is 16.1 Å². The van der Waals surface area contributed by atoms with Crippen molar-refractivity contribution in [3.63, 3.8) is 0 Å². The fourth-order valence-corrected chi connectivity index (χ4v) is 1.03. The lowest BCUT2D eigenvalue weighted by Gasteiger charge is -1.68. The molecule has 0 aliphatic rings. The normalized spacial score (nSPS) is 9.12. The highest BCUT2D eigenvalue weighted by Crippen LogP contribution is 2.07.